The third-order valence-electron chi connectivity index (χ3n) is 6.32. The maximum atomic E-state index is 11.8. The van der Waals surface area contributed by atoms with Gasteiger partial charge in [-0.25, -0.2) is 8.42 Å². The van der Waals surface area contributed by atoms with Crippen molar-refractivity contribution in [2.24, 2.45) is 0 Å². The fraction of sp³-hybridized carbons (Fsp3) is 0. The van der Waals surface area contributed by atoms with Crippen molar-refractivity contribution in [3.05, 3.63) is 121 Å². The van der Waals surface area contributed by atoms with Crippen LogP contribution >= 0.6 is 0 Å². The Morgan fingerprint density at radius 1 is 0.690 bits per heavy atom. The Morgan fingerprint density at radius 3 is 1.71 bits per heavy atom. The van der Waals surface area contributed by atoms with Crippen LogP contribution in [0.25, 0.3) is 27.6 Å². The smallest absolute Gasteiger partial charge is 0.744 e. The first-order chi connectivity index (χ1) is 19.8. The topological polar surface area (TPSA) is 113 Å². The number of nitrogens with zero attached hydrogens (tertiary/aromatic N) is 2. The van der Waals surface area contributed by atoms with Crippen LogP contribution in [0.5, 0.6) is 23.3 Å². The van der Waals surface area contributed by atoms with E-state index in [-0.39, 0.29) is 58.5 Å². The van der Waals surface area contributed by atoms with Crippen LogP contribution in [0.4, 0.5) is 11.6 Å². The molecule has 0 saturated carbocycles. The summed E-state index contributed by atoms with van der Waals surface area (Å²) in [5.74, 6) is 1.56. The fourth-order valence-electron chi connectivity index (χ4n) is 4.39. The Morgan fingerprint density at radius 2 is 1.21 bits per heavy atom. The second-order valence-electron chi connectivity index (χ2n) is 9.13. The van der Waals surface area contributed by atoms with Crippen molar-refractivity contribution in [1.82, 2.24) is 9.97 Å². The van der Waals surface area contributed by atoms with Crippen molar-refractivity contribution in [2.45, 2.75) is 4.90 Å². The third-order valence-corrected chi connectivity index (χ3v) is 7.22. The van der Waals surface area contributed by atoms with Crippen LogP contribution in [0.2, 0.25) is 0 Å². The van der Waals surface area contributed by atoms with Crippen LogP contribution in [-0.4, -0.2) is 22.9 Å². The Kier molecular flexibility index (Phi) is 8.58. The summed E-state index contributed by atoms with van der Waals surface area (Å²) in [5, 5.41) is 7.09. The van der Waals surface area contributed by atoms with E-state index in [4.69, 9.17) is 9.47 Å². The first-order valence-corrected chi connectivity index (χ1v) is 14.0. The molecule has 0 spiro atoms. The Balaban J connectivity index is 0.00000353. The Hall–Kier alpha value is -4.25. The summed E-state index contributed by atoms with van der Waals surface area (Å²) >= 11 is 0. The Bertz CT molecular complexity index is 1950. The number of hydrogen-bond acceptors (Lipinski definition) is 8. The monoisotopic (exact) mass is 583 g/mol. The molecule has 42 heavy (non-hydrogen) atoms. The molecule has 202 valence electrons. The predicted molar refractivity (Wildman–Crippen MR) is 158 cm³/mol. The summed E-state index contributed by atoms with van der Waals surface area (Å²) in [6.45, 7) is 3.58. The second-order valence-corrected chi connectivity index (χ2v) is 10.5. The van der Waals surface area contributed by atoms with Crippen molar-refractivity contribution >= 4 is 49.4 Å². The van der Waals surface area contributed by atoms with Gasteiger partial charge in [-0.2, -0.15) is 9.97 Å². The van der Waals surface area contributed by atoms with Crippen LogP contribution in [0.3, 0.4) is 0 Å². The van der Waals surface area contributed by atoms with Gasteiger partial charge in [-0.1, -0.05) is 79.4 Å². The summed E-state index contributed by atoms with van der Waals surface area (Å²) < 4.78 is 47.6. The van der Waals surface area contributed by atoms with E-state index < -0.39 is 15.0 Å². The average Bonchev–Trinajstić information content (AvgIpc) is 2.96. The SMILES string of the molecule is C=Cc1ccc(Nc2nc(Oc3ccc4ccccc4c3)cc(Oc3ccc4ccccc4c3)n2)cc1S(=O)(=O)[O-].[Na+]. The van der Waals surface area contributed by atoms with E-state index in [9.17, 15) is 13.0 Å². The largest absolute Gasteiger partial charge is 1.00 e. The van der Waals surface area contributed by atoms with Gasteiger partial charge in [0.1, 0.15) is 21.6 Å². The zero-order chi connectivity index (χ0) is 28.4. The van der Waals surface area contributed by atoms with Gasteiger partial charge in [-0.05, 0) is 63.5 Å². The maximum absolute atomic E-state index is 11.8. The molecule has 1 N–H and O–H groups in total. The number of ether oxygens (including phenoxy) is 2. The zero-order valence-corrected chi connectivity index (χ0v) is 25.3. The van der Waals surface area contributed by atoms with Gasteiger partial charge in [0.05, 0.1) is 11.0 Å². The second kappa shape index (κ2) is 12.3. The maximum Gasteiger partial charge on any atom is 1.00 e. The van der Waals surface area contributed by atoms with E-state index in [1.165, 1.54) is 18.2 Å². The minimum atomic E-state index is -4.75. The van der Waals surface area contributed by atoms with Crippen molar-refractivity contribution in [1.29, 1.82) is 0 Å². The quantitative estimate of drug-likeness (QED) is 0.203. The number of anilines is 2. The number of fused-ring (bicyclic) bond motifs is 2. The molecular formula is C32H22N3NaO5S. The molecule has 0 unspecified atom stereocenters. The number of aromatic nitrogens is 2. The van der Waals surface area contributed by atoms with Gasteiger partial charge in [-0.3, -0.25) is 0 Å². The first kappa shape index (κ1) is 29.2. The van der Waals surface area contributed by atoms with Gasteiger partial charge < -0.3 is 19.3 Å². The molecule has 0 fully saturated rings. The fourth-order valence-corrected chi connectivity index (χ4v) is 5.11. The van der Waals surface area contributed by atoms with Crippen LogP contribution in [0, 0.1) is 0 Å². The molecule has 6 aromatic rings. The molecule has 0 atom stereocenters. The van der Waals surface area contributed by atoms with Crippen molar-refractivity contribution in [3.8, 4) is 23.3 Å². The molecule has 8 nitrogen and oxygen atoms in total. The average molecular weight is 584 g/mol. The van der Waals surface area contributed by atoms with Gasteiger partial charge in [0.25, 0.3) is 0 Å². The number of nitrogens with one attached hydrogen (secondary N) is 1. The molecule has 0 amide bonds. The molecule has 0 aliphatic rings. The van der Waals surface area contributed by atoms with E-state index in [1.54, 1.807) is 12.1 Å². The van der Waals surface area contributed by atoms with Crippen LogP contribution < -0.4 is 44.3 Å². The van der Waals surface area contributed by atoms with Gasteiger partial charge in [0.15, 0.2) is 0 Å². The van der Waals surface area contributed by atoms with Gasteiger partial charge >= 0.3 is 29.6 Å². The molecule has 0 bridgehead atoms. The normalized spacial score (nSPS) is 11.1. The van der Waals surface area contributed by atoms with E-state index >= 15 is 0 Å². The van der Waals surface area contributed by atoms with Gasteiger partial charge in [0, 0.05) is 5.69 Å². The summed E-state index contributed by atoms with van der Waals surface area (Å²) in [4.78, 5) is 8.51. The van der Waals surface area contributed by atoms with Crippen LogP contribution in [0.1, 0.15) is 5.56 Å². The third kappa shape index (κ3) is 6.62. The summed E-state index contributed by atoms with van der Waals surface area (Å²) in [6, 6.07) is 33.0. The molecule has 0 saturated heterocycles. The first-order valence-electron chi connectivity index (χ1n) is 12.6. The molecule has 0 aliphatic heterocycles. The molecule has 0 aliphatic carbocycles. The van der Waals surface area contributed by atoms with Gasteiger partial charge in [0.2, 0.25) is 17.7 Å². The standard InChI is InChI=1S/C32H23N3O5S.Na/c1-2-21-11-14-26(19-29(21)41(36,37)38)33-32-34-30(39-27-15-12-22-7-3-5-9-24(22)17-27)20-31(35-32)40-28-16-13-23-8-4-6-10-25(23)18-28;/h2-20H,1H2,(H,33,34,35)(H,36,37,38);/q;+1/p-1. The number of hydrogen-bond donors (Lipinski definition) is 1. The molecule has 5 aromatic carbocycles. The van der Waals surface area contributed by atoms with E-state index in [2.05, 4.69) is 21.9 Å². The minimum Gasteiger partial charge on any atom is -0.744 e. The van der Waals surface area contributed by atoms with E-state index in [0.717, 1.165) is 21.5 Å². The van der Waals surface area contributed by atoms with Crippen molar-refractivity contribution < 1.29 is 52.0 Å². The molecule has 0 radical (unpaired) electrons. The van der Waals surface area contributed by atoms with E-state index in [0.29, 0.717) is 11.5 Å². The predicted octanol–water partition coefficient (Wildman–Crippen LogP) is 4.66. The van der Waals surface area contributed by atoms with Crippen LogP contribution in [0.15, 0.2) is 121 Å². The molecule has 1 aromatic heterocycles. The van der Waals surface area contributed by atoms with Crippen LogP contribution in [-0.2, 0) is 10.1 Å². The number of benzene rings is 5. The zero-order valence-electron chi connectivity index (χ0n) is 22.5. The molecule has 6 rings (SSSR count). The van der Waals surface area contributed by atoms with Crippen molar-refractivity contribution in [2.75, 3.05) is 5.32 Å². The summed E-state index contributed by atoms with van der Waals surface area (Å²) in [7, 11) is -4.75. The Labute approximate surface area is 264 Å². The molecular weight excluding hydrogens is 561 g/mol. The molecule has 1 heterocycles. The van der Waals surface area contributed by atoms with Gasteiger partial charge in [-0.15, -0.1) is 0 Å². The summed E-state index contributed by atoms with van der Waals surface area (Å²) in [6.07, 6.45) is 1.30. The summed E-state index contributed by atoms with van der Waals surface area (Å²) in [5.41, 5.74) is 0.477. The van der Waals surface area contributed by atoms with E-state index in [1.807, 2.05) is 84.9 Å². The molecule has 10 heteroatoms. The minimum absolute atomic E-state index is 0. The number of rotatable bonds is 8. The van der Waals surface area contributed by atoms with Crippen molar-refractivity contribution in [3.63, 3.8) is 0 Å².